The molecule has 2 atom stereocenters. The number of alkyl halides is 1. The van der Waals surface area contributed by atoms with Crippen LogP contribution in [-0.4, -0.2) is 74.0 Å². The van der Waals surface area contributed by atoms with Crippen molar-refractivity contribution in [1.82, 2.24) is 30.2 Å². The third-order valence-electron chi connectivity index (χ3n) is 7.53. The molecule has 4 aromatic rings. The number of carbonyl (C=O) groups is 2. The number of aromatic nitrogens is 4. The second kappa shape index (κ2) is 12.6. The molecule has 2 amide bonds. The largest absolute Gasteiger partial charge is 0.387 e. The molecule has 0 aromatic carbocycles. The van der Waals surface area contributed by atoms with E-state index in [9.17, 15) is 24.3 Å². The van der Waals surface area contributed by atoms with Crippen LogP contribution in [0.3, 0.4) is 0 Å². The van der Waals surface area contributed by atoms with E-state index in [1.165, 1.54) is 33.2 Å². The van der Waals surface area contributed by atoms with E-state index in [1.54, 1.807) is 22.8 Å². The van der Waals surface area contributed by atoms with Crippen molar-refractivity contribution < 1.29 is 19.1 Å². The van der Waals surface area contributed by atoms with Crippen molar-refractivity contribution in [1.29, 1.82) is 5.26 Å². The highest BCUT2D eigenvalue weighted by Gasteiger charge is 2.28. The number of hydrogen-bond acceptors (Lipinski definition) is 9. The van der Waals surface area contributed by atoms with Gasteiger partial charge >= 0.3 is 0 Å². The van der Waals surface area contributed by atoms with E-state index in [0.29, 0.717) is 40.4 Å². The number of pyridine rings is 2. The molecular weight excluding hydrogens is 565 g/mol. The Hall–Kier alpha value is -5.09. The van der Waals surface area contributed by atoms with Crippen LogP contribution < -0.4 is 20.9 Å². The zero-order valence-corrected chi connectivity index (χ0v) is 24.7. The summed E-state index contributed by atoms with van der Waals surface area (Å²) < 4.78 is 16.1. The lowest BCUT2D eigenvalue weighted by Crippen LogP contribution is -2.42. The average molecular weight is 600 g/mol. The standard InChI is InChI=1S/C31H34FN9O3/c1-19(42)34-16-23-5-4-10-40(23)29-9-6-21(15-36-29)39-25-12-26(27-8-7-22-11-20(13-33)14-38-41(22)27)35-17-24(25)30(43)37-18-28(32)31(2,3)44/h6-9,11-12,14-15,17,23,28,44H,4-5,10,16,18H2,1-3H3,(H,34,42)(H,35,39)(H,37,43)/t23?,28-/m1/s1. The molecule has 1 aliphatic heterocycles. The molecule has 13 heteroatoms. The molecule has 5 rings (SSSR count). The number of fused-ring (bicyclic) bond motifs is 1. The van der Waals surface area contributed by atoms with Crippen molar-refractivity contribution in [3.63, 3.8) is 0 Å². The molecule has 0 bridgehead atoms. The number of nitrogens with one attached hydrogen (secondary N) is 3. The first-order valence-corrected chi connectivity index (χ1v) is 14.3. The molecule has 0 spiro atoms. The lowest BCUT2D eigenvalue weighted by atomic mass is 10.0. The number of hydrogen-bond donors (Lipinski definition) is 4. The summed E-state index contributed by atoms with van der Waals surface area (Å²) in [5.41, 5.74) is 1.82. The molecule has 1 saturated heterocycles. The number of nitriles is 1. The van der Waals surface area contributed by atoms with Crippen LogP contribution in [-0.2, 0) is 4.79 Å². The Balaban J connectivity index is 1.43. The maximum Gasteiger partial charge on any atom is 0.255 e. The van der Waals surface area contributed by atoms with Gasteiger partial charge in [-0.3, -0.25) is 14.6 Å². The van der Waals surface area contributed by atoms with Gasteiger partial charge in [0.1, 0.15) is 18.1 Å². The van der Waals surface area contributed by atoms with Crippen molar-refractivity contribution >= 4 is 34.5 Å². The van der Waals surface area contributed by atoms with Gasteiger partial charge in [0.25, 0.3) is 5.91 Å². The minimum absolute atomic E-state index is 0.0705. The van der Waals surface area contributed by atoms with Crippen LogP contribution in [0.15, 0.2) is 55.0 Å². The number of carbonyl (C=O) groups excluding carboxylic acids is 2. The summed E-state index contributed by atoms with van der Waals surface area (Å²) in [6, 6.07) is 13.0. The van der Waals surface area contributed by atoms with Crippen LogP contribution in [0.25, 0.3) is 16.9 Å². The van der Waals surface area contributed by atoms with Gasteiger partial charge in [0.2, 0.25) is 5.91 Å². The van der Waals surface area contributed by atoms with Gasteiger partial charge in [-0.25, -0.2) is 13.9 Å². The van der Waals surface area contributed by atoms with E-state index in [2.05, 4.69) is 42.0 Å². The second-order valence-electron chi connectivity index (χ2n) is 11.3. The van der Waals surface area contributed by atoms with Crippen molar-refractivity contribution in [2.75, 3.05) is 29.9 Å². The van der Waals surface area contributed by atoms with E-state index in [0.717, 1.165) is 25.2 Å². The number of halogens is 1. The van der Waals surface area contributed by atoms with Crippen LogP contribution in [0.4, 0.5) is 21.6 Å². The molecule has 12 nitrogen and oxygen atoms in total. The van der Waals surface area contributed by atoms with Crippen LogP contribution in [0.2, 0.25) is 0 Å². The predicted molar refractivity (Wildman–Crippen MR) is 163 cm³/mol. The number of anilines is 3. The Labute approximate surface area is 253 Å². The molecule has 4 N–H and O–H groups in total. The number of aliphatic hydroxyl groups is 1. The zero-order chi connectivity index (χ0) is 31.4. The highest BCUT2D eigenvalue weighted by Crippen LogP contribution is 2.29. The molecule has 1 aliphatic rings. The fraction of sp³-hybridized carbons (Fsp3) is 0.355. The Morgan fingerprint density at radius 2 is 1.98 bits per heavy atom. The third-order valence-corrected chi connectivity index (χ3v) is 7.53. The average Bonchev–Trinajstić information content (AvgIpc) is 3.65. The summed E-state index contributed by atoms with van der Waals surface area (Å²) in [4.78, 5) is 35.9. The van der Waals surface area contributed by atoms with Gasteiger partial charge in [0, 0.05) is 32.3 Å². The predicted octanol–water partition coefficient (Wildman–Crippen LogP) is 3.35. The first-order valence-electron chi connectivity index (χ1n) is 14.3. The smallest absolute Gasteiger partial charge is 0.255 e. The van der Waals surface area contributed by atoms with Gasteiger partial charge in [-0.15, -0.1) is 0 Å². The van der Waals surface area contributed by atoms with Gasteiger partial charge in [0.05, 0.1) is 63.9 Å². The minimum Gasteiger partial charge on any atom is -0.387 e. The van der Waals surface area contributed by atoms with Crippen LogP contribution in [0, 0.1) is 11.3 Å². The molecular formula is C31H34FN9O3. The second-order valence-corrected chi connectivity index (χ2v) is 11.3. The summed E-state index contributed by atoms with van der Waals surface area (Å²) in [6.07, 6.45) is 4.79. The maximum absolute atomic E-state index is 14.4. The van der Waals surface area contributed by atoms with Gasteiger partial charge in [-0.1, -0.05) is 0 Å². The summed E-state index contributed by atoms with van der Waals surface area (Å²) in [7, 11) is 0. The fourth-order valence-corrected chi connectivity index (χ4v) is 5.06. The lowest BCUT2D eigenvalue weighted by molar-refractivity contribution is -0.119. The van der Waals surface area contributed by atoms with E-state index in [4.69, 9.17) is 0 Å². The molecule has 0 radical (unpaired) electrons. The summed E-state index contributed by atoms with van der Waals surface area (Å²) in [6.45, 7) is 5.16. The van der Waals surface area contributed by atoms with Crippen molar-refractivity contribution in [3.05, 3.63) is 66.1 Å². The van der Waals surface area contributed by atoms with Crippen LogP contribution >= 0.6 is 0 Å². The van der Waals surface area contributed by atoms with E-state index in [1.807, 2.05) is 24.3 Å². The van der Waals surface area contributed by atoms with Gasteiger partial charge in [-0.2, -0.15) is 10.4 Å². The molecule has 0 saturated carbocycles. The quantitative estimate of drug-likeness (QED) is 0.214. The summed E-state index contributed by atoms with van der Waals surface area (Å²) >= 11 is 0. The number of amides is 2. The van der Waals surface area contributed by atoms with Crippen molar-refractivity contribution in [2.24, 2.45) is 0 Å². The SMILES string of the molecule is CC(=O)NCC1CCCN1c1ccc(Nc2cc(-c3ccc4cc(C#N)cnn34)ncc2C(=O)NC[C@@H](F)C(C)(C)O)cn1. The molecule has 44 heavy (non-hydrogen) atoms. The first kappa shape index (κ1) is 30.4. The first-order chi connectivity index (χ1) is 21.0. The van der Waals surface area contributed by atoms with Gasteiger partial charge in [-0.05, 0) is 63.1 Å². The topological polar surface area (TPSA) is 161 Å². The molecule has 1 unspecified atom stereocenters. The monoisotopic (exact) mass is 599 g/mol. The fourth-order valence-electron chi connectivity index (χ4n) is 5.06. The van der Waals surface area contributed by atoms with Gasteiger partial charge < -0.3 is 26.0 Å². The Kier molecular flexibility index (Phi) is 8.73. The van der Waals surface area contributed by atoms with Gasteiger partial charge in [0.15, 0.2) is 0 Å². The van der Waals surface area contributed by atoms with Crippen LogP contribution in [0.1, 0.15) is 49.5 Å². The molecule has 0 aliphatic carbocycles. The Morgan fingerprint density at radius 1 is 1.16 bits per heavy atom. The normalized spacial score (nSPS) is 15.5. The molecule has 5 heterocycles. The van der Waals surface area contributed by atoms with Crippen molar-refractivity contribution in [3.8, 4) is 17.5 Å². The van der Waals surface area contributed by atoms with E-state index < -0.39 is 17.7 Å². The Morgan fingerprint density at radius 3 is 2.68 bits per heavy atom. The maximum atomic E-state index is 14.4. The summed E-state index contributed by atoms with van der Waals surface area (Å²) in [5.74, 6) is 0.136. The number of nitrogens with zero attached hydrogens (tertiary/aromatic N) is 6. The number of rotatable bonds is 10. The van der Waals surface area contributed by atoms with E-state index >= 15 is 0 Å². The lowest BCUT2D eigenvalue weighted by Gasteiger charge is -2.26. The van der Waals surface area contributed by atoms with Crippen LogP contribution in [0.5, 0.6) is 0 Å². The molecule has 4 aromatic heterocycles. The molecule has 228 valence electrons. The van der Waals surface area contributed by atoms with E-state index in [-0.39, 0.29) is 24.1 Å². The summed E-state index contributed by atoms with van der Waals surface area (Å²) in [5, 5.41) is 32.2. The molecule has 1 fully saturated rings. The minimum atomic E-state index is -1.68. The highest BCUT2D eigenvalue weighted by atomic mass is 19.1. The highest BCUT2D eigenvalue weighted by molar-refractivity contribution is 6.00. The zero-order valence-electron chi connectivity index (χ0n) is 24.7. The third kappa shape index (κ3) is 6.76. The van der Waals surface area contributed by atoms with Crippen molar-refractivity contribution in [2.45, 2.75) is 51.4 Å². The Bertz CT molecular complexity index is 1710.